The smallest absolute Gasteiger partial charge is 0.245 e. The lowest BCUT2D eigenvalue weighted by Gasteiger charge is -2.24. The van der Waals surface area contributed by atoms with E-state index >= 15 is 0 Å². The summed E-state index contributed by atoms with van der Waals surface area (Å²) >= 11 is 0. The molecule has 0 saturated heterocycles. The third-order valence-corrected chi connectivity index (χ3v) is 3.26. The van der Waals surface area contributed by atoms with Crippen molar-refractivity contribution < 1.29 is 4.79 Å². The Morgan fingerprint density at radius 3 is 2.56 bits per heavy atom. The highest BCUT2D eigenvalue weighted by atomic mass is 16.2. The molecule has 1 aromatic carbocycles. The van der Waals surface area contributed by atoms with E-state index in [4.69, 9.17) is 5.73 Å². The van der Waals surface area contributed by atoms with Crippen molar-refractivity contribution in [2.45, 2.75) is 32.7 Å². The van der Waals surface area contributed by atoms with E-state index in [2.05, 4.69) is 30.1 Å². The van der Waals surface area contributed by atoms with E-state index in [0.717, 1.165) is 42.9 Å². The molecule has 4 heteroatoms. The van der Waals surface area contributed by atoms with Gasteiger partial charge in [0.1, 0.15) is 6.04 Å². The van der Waals surface area contributed by atoms with E-state index < -0.39 is 6.04 Å². The molecule has 98 valence electrons. The van der Waals surface area contributed by atoms with E-state index in [9.17, 15) is 4.79 Å². The SMILES string of the molecule is CCCN(CCC)c1ccc2c(c1)NC(=O)C2N. The third-order valence-electron chi connectivity index (χ3n) is 3.26. The second kappa shape index (κ2) is 5.40. The largest absolute Gasteiger partial charge is 0.371 e. The van der Waals surface area contributed by atoms with Gasteiger partial charge in [-0.1, -0.05) is 19.9 Å². The summed E-state index contributed by atoms with van der Waals surface area (Å²) in [5, 5.41) is 2.84. The number of anilines is 2. The number of amides is 1. The predicted molar refractivity (Wildman–Crippen MR) is 74.8 cm³/mol. The second-order valence-electron chi connectivity index (χ2n) is 4.73. The molecule has 1 amide bonds. The number of hydrogen-bond acceptors (Lipinski definition) is 3. The Morgan fingerprint density at radius 1 is 1.28 bits per heavy atom. The van der Waals surface area contributed by atoms with Gasteiger partial charge in [0.25, 0.3) is 0 Å². The van der Waals surface area contributed by atoms with Crippen LogP contribution in [0.3, 0.4) is 0 Å². The van der Waals surface area contributed by atoms with Crippen molar-refractivity contribution in [2.24, 2.45) is 5.73 Å². The lowest BCUT2D eigenvalue weighted by Crippen LogP contribution is -2.24. The average molecular weight is 247 g/mol. The van der Waals surface area contributed by atoms with Gasteiger partial charge in [-0.2, -0.15) is 0 Å². The van der Waals surface area contributed by atoms with Crippen LogP contribution in [-0.2, 0) is 4.79 Å². The number of nitrogens with one attached hydrogen (secondary N) is 1. The lowest BCUT2D eigenvalue weighted by molar-refractivity contribution is -0.116. The number of carbonyl (C=O) groups is 1. The van der Waals surface area contributed by atoms with E-state index in [-0.39, 0.29) is 5.91 Å². The van der Waals surface area contributed by atoms with Gasteiger partial charge in [-0.25, -0.2) is 0 Å². The molecule has 0 aliphatic carbocycles. The molecule has 1 aromatic rings. The first-order chi connectivity index (χ1) is 8.67. The summed E-state index contributed by atoms with van der Waals surface area (Å²) < 4.78 is 0. The Kier molecular flexibility index (Phi) is 3.87. The van der Waals surface area contributed by atoms with Crippen LogP contribution < -0.4 is 16.0 Å². The monoisotopic (exact) mass is 247 g/mol. The van der Waals surface area contributed by atoms with Gasteiger partial charge in [0, 0.05) is 30.0 Å². The van der Waals surface area contributed by atoms with Crippen LogP contribution in [-0.4, -0.2) is 19.0 Å². The van der Waals surface area contributed by atoms with Crippen LogP contribution >= 0.6 is 0 Å². The van der Waals surface area contributed by atoms with E-state index in [0.29, 0.717) is 0 Å². The van der Waals surface area contributed by atoms with Crippen LogP contribution in [0.2, 0.25) is 0 Å². The van der Waals surface area contributed by atoms with Crippen LogP contribution in [0, 0.1) is 0 Å². The molecule has 1 unspecified atom stereocenters. The topological polar surface area (TPSA) is 58.4 Å². The van der Waals surface area contributed by atoms with Gasteiger partial charge in [0.2, 0.25) is 5.91 Å². The molecule has 3 N–H and O–H groups in total. The summed E-state index contributed by atoms with van der Waals surface area (Å²) in [6, 6.07) is 5.54. The minimum Gasteiger partial charge on any atom is -0.371 e. The molecule has 18 heavy (non-hydrogen) atoms. The molecule has 0 bridgehead atoms. The van der Waals surface area contributed by atoms with E-state index in [1.807, 2.05) is 12.1 Å². The highest BCUT2D eigenvalue weighted by Crippen LogP contribution is 2.32. The Bertz CT molecular complexity index is 439. The van der Waals surface area contributed by atoms with Crippen molar-refractivity contribution in [3.8, 4) is 0 Å². The minimum atomic E-state index is -0.514. The van der Waals surface area contributed by atoms with Crippen LogP contribution in [0.25, 0.3) is 0 Å². The number of benzene rings is 1. The number of hydrogen-bond donors (Lipinski definition) is 2. The Labute approximate surface area is 108 Å². The highest BCUT2D eigenvalue weighted by Gasteiger charge is 2.27. The molecule has 0 radical (unpaired) electrons. The molecule has 4 nitrogen and oxygen atoms in total. The van der Waals surface area contributed by atoms with Gasteiger partial charge < -0.3 is 16.0 Å². The molecular weight excluding hydrogens is 226 g/mol. The summed E-state index contributed by atoms with van der Waals surface area (Å²) in [4.78, 5) is 13.9. The van der Waals surface area contributed by atoms with E-state index in [1.165, 1.54) is 0 Å². The van der Waals surface area contributed by atoms with Crippen LogP contribution in [0.5, 0.6) is 0 Å². The molecule has 0 saturated carbocycles. The highest BCUT2D eigenvalue weighted by molar-refractivity contribution is 6.02. The van der Waals surface area contributed by atoms with Gasteiger partial charge in [0.15, 0.2) is 0 Å². The second-order valence-corrected chi connectivity index (χ2v) is 4.73. The standard InChI is InChI=1S/C14H21N3O/c1-3-7-17(8-4-2)10-5-6-11-12(9-10)16-14(18)13(11)15/h5-6,9,13H,3-4,7-8,15H2,1-2H3,(H,16,18). The maximum Gasteiger partial charge on any atom is 0.245 e. The minimum absolute atomic E-state index is 0.111. The molecule has 1 heterocycles. The maximum absolute atomic E-state index is 11.5. The fourth-order valence-corrected chi connectivity index (χ4v) is 2.38. The van der Waals surface area contributed by atoms with Crippen molar-refractivity contribution in [1.82, 2.24) is 0 Å². The molecule has 0 aromatic heterocycles. The molecule has 0 fully saturated rings. The molecule has 1 aliphatic heterocycles. The first kappa shape index (κ1) is 12.9. The quantitative estimate of drug-likeness (QED) is 0.839. The Balaban J connectivity index is 2.26. The summed E-state index contributed by atoms with van der Waals surface area (Å²) in [5.41, 5.74) is 8.73. The summed E-state index contributed by atoms with van der Waals surface area (Å²) in [6.45, 7) is 6.42. The number of carbonyl (C=O) groups excluding carboxylic acids is 1. The normalized spacial score (nSPS) is 17.5. The van der Waals surface area contributed by atoms with Gasteiger partial charge in [-0.3, -0.25) is 4.79 Å². The molecule has 1 aliphatic rings. The fraction of sp³-hybridized carbons (Fsp3) is 0.500. The number of nitrogens with two attached hydrogens (primary N) is 1. The van der Waals surface area contributed by atoms with Crippen molar-refractivity contribution in [3.05, 3.63) is 23.8 Å². The third kappa shape index (κ3) is 2.34. The Hall–Kier alpha value is -1.55. The number of nitrogens with zero attached hydrogens (tertiary/aromatic N) is 1. The molecule has 1 atom stereocenters. The molecular formula is C14H21N3O. The van der Waals surface area contributed by atoms with Crippen LogP contribution in [0.15, 0.2) is 18.2 Å². The van der Waals surface area contributed by atoms with Crippen molar-refractivity contribution >= 4 is 17.3 Å². The van der Waals surface area contributed by atoms with E-state index in [1.54, 1.807) is 0 Å². The number of fused-ring (bicyclic) bond motifs is 1. The van der Waals surface area contributed by atoms with Crippen LogP contribution in [0.4, 0.5) is 11.4 Å². The zero-order chi connectivity index (χ0) is 13.1. The molecule has 2 rings (SSSR count). The maximum atomic E-state index is 11.5. The zero-order valence-electron chi connectivity index (χ0n) is 11.1. The van der Waals surface area contributed by atoms with Crippen molar-refractivity contribution in [2.75, 3.05) is 23.3 Å². The van der Waals surface area contributed by atoms with Crippen molar-refractivity contribution in [1.29, 1.82) is 0 Å². The zero-order valence-corrected chi connectivity index (χ0v) is 11.1. The van der Waals surface area contributed by atoms with Gasteiger partial charge in [-0.05, 0) is 25.0 Å². The lowest BCUT2D eigenvalue weighted by atomic mass is 10.1. The first-order valence-electron chi connectivity index (χ1n) is 6.62. The predicted octanol–water partition coefficient (Wildman–Crippen LogP) is 2.26. The average Bonchev–Trinajstić information content (AvgIpc) is 2.64. The first-order valence-corrected chi connectivity index (χ1v) is 6.62. The van der Waals surface area contributed by atoms with Gasteiger partial charge in [-0.15, -0.1) is 0 Å². The van der Waals surface area contributed by atoms with Crippen molar-refractivity contribution in [3.63, 3.8) is 0 Å². The summed E-state index contributed by atoms with van der Waals surface area (Å²) in [6.07, 6.45) is 2.23. The Morgan fingerprint density at radius 2 is 1.94 bits per heavy atom. The number of rotatable bonds is 5. The van der Waals surface area contributed by atoms with Gasteiger partial charge >= 0.3 is 0 Å². The van der Waals surface area contributed by atoms with Crippen LogP contribution in [0.1, 0.15) is 38.3 Å². The van der Waals surface area contributed by atoms with Gasteiger partial charge in [0.05, 0.1) is 0 Å². The summed E-state index contributed by atoms with van der Waals surface area (Å²) in [5.74, 6) is -0.111. The fourth-order valence-electron chi connectivity index (χ4n) is 2.38. The molecule has 0 spiro atoms. The summed E-state index contributed by atoms with van der Waals surface area (Å²) in [7, 11) is 0.